The van der Waals surface area contributed by atoms with Crippen LogP contribution in [0.4, 0.5) is 21.0 Å². The Hall–Kier alpha value is -4.30. The first-order valence-corrected chi connectivity index (χ1v) is 16.3. The quantitative estimate of drug-likeness (QED) is 0.191. The Morgan fingerprint density at radius 1 is 0.619 bits per heavy atom. The molecule has 0 atom stereocenters. The van der Waals surface area contributed by atoms with Gasteiger partial charge in [0, 0.05) is 36.6 Å². The van der Waals surface area contributed by atoms with Gasteiger partial charge in [-0.25, -0.2) is 9.59 Å². The van der Waals surface area contributed by atoms with Gasteiger partial charge in [-0.3, -0.25) is 0 Å². The van der Waals surface area contributed by atoms with Gasteiger partial charge in [-0.1, -0.05) is 50.2 Å². The monoisotopic (exact) mass is 618 g/mol. The van der Waals surface area contributed by atoms with E-state index in [1.54, 1.807) is 44.2 Å². The van der Waals surface area contributed by atoms with Crippen molar-refractivity contribution in [3.8, 4) is 11.5 Å². The van der Waals surface area contributed by atoms with Crippen LogP contribution < -0.4 is 29.6 Å². The Morgan fingerprint density at radius 3 is 1.43 bits per heavy atom. The van der Waals surface area contributed by atoms with Gasteiger partial charge >= 0.3 is 32.3 Å². The summed E-state index contributed by atoms with van der Waals surface area (Å²) in [6.07, 6.45) is 0.846. The van der Waals surface area contributed by atoms with Crippen LogP contribution in [-0.4, -0.2) is 40.4 Å². The summed E-state index contributed by atoms with van der Waals surface area (Å²) >= 11 is 0. The summed E-state index contributed by atoms with van der Waals surface area (Å²) in [5.74, 6) is -0.0136. The molecule has 12 nitrogen and oxygen atoms in total. The first-order valence-electron chi connectivity index (χ1n) is 13.2. The van der Waals surface area contributed by atoms with Crippen molar-refractivity contribution in [2.75, 3.05) is 22.1 Å². The first kappa shape index (κ1) is 32.2. The van der Waals surface area contributed by atoms with Crippen molar-refractivity contribution in [1.82, 2.24) is 10.6 Å². The predicted molar refractivity (Wildman–Crippen MR) is 160 cm³/mol. The normalized spacial score (nSPS) is 11.3. The molecule has 0 aliphatic carbocycles. The Labute approximate surface area is 246 Å². The van der Waals surface area contributed by atoms with Gasteiger partial charge in [0.2, 0.25) is 0 Å². The van der Waals surface area contributed by atoms with Crippen LogP contribution in [0.15, 0.2) is 72.8 Å². The highest BCUT2D eigenvalue weighted by molar-refractivity contribution is 7.87. The van der Waals surface area contributed by atoms with Crippen LogP contribution >= 0.6 is 0 Å². The second-order valence-corrected chi connectivity index (χ2v) is 12.6. The van der Waals surface area contributed by atoms with Gasteiger partial charge in [0.15, 0.2) is 0 Å². The van der Waals surface area contributed by atoms with Crippen molar-refractivity contribution in [2.45, 2.75) is 39.8 Å². The van der Waals surface area contributed by atoms with Gasteiger partial charge < -0.3 is 29.6 Å². The van der Waals surface area contributed by atoms with Crippen LogP contribution in [0.5, 0.6) is 11.5 Å². The van der Waals surface area contributed by atoms with E-state index in [2.05, 4.69) is 21.3 Å². The lowest BCUT2D eigenvalue weighted by Crippen LogP contribution is -2.29. The van der Waals surface area contributed by atoms with Crippen LogP contribution in [0, 0.1) is 0 Å². The second-order valence-electron chi connectivity index (χ2n) is 9.18. The molecule has 4 amide bonds. The van der Waals surface area contributed by atoms with Crippen LogP contribution in [0.3, 0.4) is 0 Å². The van der Waals surface area contributed by atoms with E-state index in [-0.39, 0.29) is 36.1 Å². The molecule has 14 heteroatoms. The molecule has 0 aliphatic rings. The van der Waals surface area contributed by atoms with E-state index in [1.807, 2.05) is 18.2 Å². The smallest absolute Gasteiger partial charge is 0.319 e. The molecule has 3 aromatic rings. The third kappa shape index (κ3) is 11.3. The summed E-state index contributed by atoms with van der Waals surface area (Å²) in [6, 6.07) is 18.4. The van der Waals surface area contributed by atoms with E-state index in [1.165, 1.54) is 24.3 Å². The molecule has 42 heavy (non-hydrogen) atoms. The van der Waals surface area contributed by atoms with Gasteiger partial charge in [-0.05, 0) is 48.2 Å². The molecule has 3 aromatic carbocycles. The van der Waals surface area contributed by atoms with Crippen molar-refractivity contribution in [3.05, 3.63) is 83.9 Å². The fourth-order valence-electron chi connectivity index (χ4n) is 3.69. The number of urea groups is 2. The van der Waals surface area contributed by atoms with E-state index in [0.717, 1.165) is 11.1 Å². The lowest BCUT2D eigenvalue weighted by Gasteiger charge is -2.12. The van der Waals surface area contributed by atoms with E-state index in [0.29, 0.717) is 24.2 Å². The Kier molecular flexibility index (Phi) is 11.6. The molecule has 0 heterocycles. The number of amides is 4. The standard InChI is InChI=1S/C28H34N4O8S2/c1-3-14-41(35,36)39-25-12-6-10-23(17-25)31-27(33)29-19-21-8-5-9-22(16-21)20-30-28(34)32-24-11-7-13-26(18-24)40-42(37,38)15-4-2/h5-13,16-18H,3-4,14-15,19-20H2,1-2H3,(H2,29,31,33)(H2,30,32,34). The molecule has 0 spiro atoms. The average Bonchev–Trinajstić information content (AvgIpc) is 2.91. The number of hydrogen-bond acceptors (Lipinski definition) is 8. The summed E-state index contributed by atoms with van der Waals surface area (Å²) < 4.78 is 57.6. The molecule has 4 N–H and O–H groups in total. The average molecular weight is 619 g/mol. The third-order valence-electron chi connectivity index (χ3n) is 5.44. The number of carbonyl (C=O) groups excluding carboxylic acids is 2. The Morgan fingerprint density at radius 2 is 1.02 bits per heavy atom. The van der Waals surface area contributed by atoms with E-state index >= 15 is 0 Å². The highest BCUT2D eigenvalue weighted by Crippen LogP contribution is 2.20. The largest absolute Gasteiger partial charge is 0.382 e. The number of carbonyl (C=O) groups is 2. The third-order valence-corrected chi connectivity index (χ3v) is 8.15. The number of anilines is 2. The predicted octanol–water partition coefficient (Wildman–Crippen LogP) is 4.57. The minimum Gasteiger partial charge on any atom is -0.382 e. The number of rotatable bonds is 14. The highest BCUT2D eigenvalue weighted by Gasteiger charge is 2.13. The maximum atomic E-state index is 12.4. The summed E-state index contributed by atoms with van der Waals surface area (Å²) in [5.41, 5.74) is 2.29. The van der Waals surface area contributed by atoms with Crippen LogP contribution in [0.25, 0.3) is 0 Å². The molecular formula is C28H34N4O8S2. The second kappa shape index (κ2) is 15.1. The zero-order valence-corrected chi connectivity index (χ0v) is 24.9. The molecule has 0 fully saturated rings. The summed E-state index contributed by atoms with van der Waals surface area (Å²) in [7, 11) is -7.40. The van der Waals surface area contributed by atoms with Gasteiger partial charge in [-0.2, -0.15) is 16.8 Å². The first-order chi connectivity index (χ1) is 20.0. The molecule has 3 rings (SSSR count). The van der Waals surface area contributed by atoms with Crippen molar-refractivity contribution in [2.24, 2.45) is 0 Å². The van der Waals surface area contributed by atoms with Crippen LogP contribution in [0.1, 0.15) is 37.8 Å². The van der Waals surface area contributed by atoms with Crippen molar-refractivity contribution >= 4 is 43.7 Å². The maximum absolute atomic E-state index is 12.4. The van der Waals surface area contributed by atoms with E-state index in [9.17, 15) is 26.4 Å². The fourth-order valence-corrected chi connectivity index (χ4v) is 5.65. The number of hydrogen-bond donors (Lipinski definition) is 4. The lowest BCUT2D eigenvalue weighted by molar-refractivity contribution is 0.251. The van der Waals surface area contributed by atoms with Crippen LogP contribution in [-0.2, 0) is 33.3 Å². The molecule has 0 aromatic heterocycles. The molecule has 0 radical (unpaired) electrons. The minimum absolute atomic E-state index is 0.103. The maximum Gasteiger partial charge on any atom is 0.319 e. The zero-order chi connectivity index (χ0) is 30.6. The Balaban J connectivity index is 1.48. The molecule has 0 saturated heterocycles. The van der Waals surface area contributed by atoms with Crippen molar-refractivity contribution in [1.29, 1.82) is 0 Å². The van der Waals surface area contributed by atoms with Gasteiger partial charge in [0.1, 0.15) is 11.5 Å². The Bertz CT molecular complexity index is 1480. The SMILES string of the molecule is CCCS(=O)(=O)Oc1cccc(NC(=O)NCc2cccc(CNC(=O)Nc3cccc(OS(=O)(=O)CCC)c3)c2)c1. The number of benzene rings is 3. The molecular weight excluding hydrogens is 584 g/mol. The minimum atomic E-state index is -3.70. The summed E-state index contributed by atoms with van der Waals surface area (Å²) in [6.45, 7) is 3.86. The van der Waals surface area contributed by atoms with Gasteiger partial charge in [-0.15, -0.1) is 0 Å². The molecule has 226 valence electrons. The van der Waals surface area contributed by atoms with Crippen LogP contribution in [0.2, 0.25) is 0 Å². The molecule has 0 unspecified atom stereocenters. The van der Waals surface area contributed by atoms with E-state index in [4.69, 9.17) is 8.37 Å². The van der Waals surface area contributed by atoms with Crippen molar-refractivity contribution < 1.29 is 34.8 Å². The lowest BCUT2D eigenvalue weighted by atomic mass is 10.1. The van der Waals surface area contributed by atoms with Gasteiger partial charge in [0.25, 0.3) is 0 Å². The topological polar surface area (TPSA) is 169 Å². The summed E-state index contributed by atoms with van der Waals surface area (Å²) in [4.78, 5) is 24.8. The van der Waals surface area contributed by atoms with Crippen molar-refractivity contribution in [3.63, 3.8) is 0 Å². The highest BCUT2D eigenvalue weighted by atomic mass is 32.2. The molecule has 0 aliphatic heterocycles. The number of nitrogens with one attached hydrogen (secondary N) is 4. The molecule has 0 bridgehead atoms. The fraction of sp³-hybridized carbons (Fsp3) is 0.286. The molecule has 0 saturated carbocycles. The summed E-state index contributed by atoms with van der Waals surface area (Å²) in [5, 5.41) is 10.7. The van der Waals surface area contributed by atoms with Gasteiger partial charge in [0.05, 0.1) is 11.5 Å². The van der Waals surface area contributed by atoms with E-state index < -0.39 is 32.3 Å². The zero-order valence-electron chi connectivity index (χ0n) is 23.3.